The van der Waals surface area contributed by atoms with Gasteiger partial charge in [-0.05, 0) is 106 Å². The van der Waals surface area contributed by atoms with Gasteiger partial charge in [0.15, 0.2) is 0 Å². The molecule has 0 spiro atoms. The van der Waals surface area contributed by atoms with Gasteiger partial charge in [-0.3, -0.25) is 0 Å². The summed E-state index contributed by atoms with van der Waals surface area (Å²) in [7, 11) is 0. The first kappa shape index (κ1) is 27.4. The van der Waals surface area contributed by atoms with E-state index in [1.165, 1.54) is 18.3 Å². The molecule has 3 nitrogen and oxygen atoms in total. The molecule has 2 atom stereocenters. The summed E-state index contributed by atoms with van der Waals surface area (Å²) in [5, 5.41) is 0. The Morgan fingerprint density at radius 2 is 1.06 bits per heavy atom. The van der Waals surface area contributed by atoms with Crippen molar-refractivity contribution >= 4 is 51.3 Å². The van der Waals surface area contributed by atoms with Crippen LogP contribution in [0.3, 0.4) is 0 Å². The van der Waals surface area contributed by atoms with Gasteiger partial charge < -0.3 is 9.47 Å². The van der Waals surface area contributed by atoms with Crippen molar-refractivity contribution in [2.75, 3.05) is 0 Å². The molecular weight excluding hydrogens is 626 g/mol. The molecule has 0 amide bonds. The van der Waals surface area contributed by atoms with Gasteiger partial charge in [-0.2, -0.15) is 0 Å². The van der Waals surface area contributed by atoms with E-state index >= 15 is 0 Å². The van der Waals surface area contributed by atoms with E-state index in [0.29, 0.717) is 0 Å². The van der Waals surface area contributed by atoms with Crippen LogP contribution >= 0.6 is 45.2 Å². The van der Waals surface area contributed by atoms with E-state index in [4.69, 9.17) is 9.47 Å². The minimum absolute atomic E-state index is 0.149. The van der Waals surface area contributed by atoms with Crippen molar-refractivity contribution in [1.29, 1.82) is 0 Å². The van der Waals surface area contributed by atoms with Gasteiger partial charge in [-0.1, -0.05) is 63.8 Å². The molecule has 2 rings (SSSR count). The first-order valence-electron chi connectivity index (χ1n) is 11.9. The zero-order chi connectivity index (χ0) is 23.2. The molecule has 0 aromatic heterocycles. The quantitative estimate of drug-likeness (QED) is 0.115. The number of ether oxygens (including phenoxy) is 2. The molecule has 0 fully saturated rings. The predicted molar refractivity (Wildman–Crippen MR) is 149 cm³/mol. The second-order valence-corrected chi connectivity index (χ2v) is 10.9. The normalized spacial score (nSPS) is 12.9. The van der Waals surface area contributed by atoms with Gasteiger partial charge in [0, 0.05) is 20.0 Å². The van der Waals surface area contributed by atoms with Crippen LogP contribution in [0, 0.1) is 7.14 Å². The lowest BCUT2D eigenvalue weighted by atomic mass is 10.0. The largest absolute Gasteiger partial charge is 0.508 e. The Labute approximate surface area is 221 Å². The molecule has 32 heavy (non-hydrogen) atoms. The Hall–Kier alpha value is -0.830. The molecule has 2 unspecified atom stereocenters. The van der Waals surface area contributed by atoms with Gasteiger partial charge >= 0.3 is 6.16 Å². The minimum Gasteiger partial charge on any atom is -0.431 e. The number of hydrogen-bond acceptors (Lipinski definition) is 3. The van der Waals surface area contributed by atoms with Gasteiger partial charge in [0.05, 0.1) is 0 Å². The third-order valence-corrected chi connectivity index (χ3v) is 6.98. The van der Waals surface area contributed by atoms with Crippen molar-refractivity contribution in [3.05, 3.63) is 66.8 Å². The lowest BCUT2D eigenvalue weighted by Crippen LogP contribution is -2.26. The standard InChI is InChI=1S/C27H36I2O3/c1-3-5-7-9-25(19-21-11-15-23(28)16-12-21)31-27(30)32-26(10-8-6-4-2)20-22-13-17-24(29)18-14-22/h11-18,25-26H,3-10,19-20H2,1-2H3. The smallest absolute Gasteiger partial charge is 0.431 e. The molecule has 2 aromatic carbocycles. The molecule has 0 N–H and O–H groups in total. The van der Waals surface area contributed by atoms with Crippen molar-refractivity contribution in [3.63, 3.8) is 0 Å². The first-order valence-corrected chi connectivity index (χ1v) is 14.0. The highest BCUT2D eigenvalue weighted by molar-refractivity contribution is 14.1. The second-order valence-electron chi connectivity index (χ2n) is 8.38. The summed E-state index contributed by atoms with van der Waals surface area (Å²) in [6, 6.07) is 16.9. The minimum atomic E-state index is -0.524. The molecular formula is C27H36I2O3. The lowest BCUT2D eigenvalue weighted by molar-refractivity contribution is -0.00654. The summed E-state index contributed by atoms with van der Waals surface area (Å²) in [4.78, 5) is 12.8. The molecule has 0 bridgehead atoms. The fourth-order valence-corrected chi connectivity index (χ4v) is 4.44. The Bertz CT molecular complexity index is 709. The van der Waals surface area contributed by atoms with E-state index in [-0.39, 0.29) is 12.2 Å². The van der Waals surface area contributed by atoms with E-state index < -0.39 is 6.16 Å². The number of unbranched alkanes of at least 4 members (excludes halogenated alkanes) is 4. The number of carbonyl (C=O) groups excluding carboxylic acids is 1. The molecule has 0 saturated heterocycles. The predicted octanol–water partition coefficient (Wildman–Crippen LogP) is 8.73. The maximum absolute atomic E-state index is 12.8. The number of carbonyl (C=O) groups is 1. The first-order chi connectivity index (χ1) is 15.5. The summed E-state index contributed by atoms with van der Waals surface area (Å²) in [5.41, 5.74) is 2.39. The summed E-state index contributed by atoms with van der Waals surface area (Å²) in [6.07, 6.45) is 9.08. The Kier molecular flexibility index (Phi) is 13.6. The molecule has 0 heterocycles. The number of hydrogen-bond donors (Lipinski definition) is 0. The monoisotopic (exact) mass is 662 g/mol. The van der Waals surface area contributed by atoms with Gasteiger partial charge in [-0.25, -0.2) is 4.79 Å². The number of rotatable bonds is 14. The fraction of sp³-hybridized carbons (Fsp3) is 0.519. The summed E-state index contributed by atoms with van der Waals surface area (Å²) in [6.45, 7) is 4.38. The van der Waals surface area contributed by atoms with Crippen LogP contribution in [0.4, 0.5) is 4.79 Å². The van der Waals surface area contributed by atoms with Crippen molar-refractivity contribution < 1.29 is 14.3 Å². The van der Waals surface area contributed by atoms with Gasteiger partial charge in [0.25, 0.3) is 0 Å². The van der Waals surface area contributed by atoms with Crippen molar-refractivity contribution in [2.45, 2.75) is 90.3 Å². The molecule has 5 heteroatoms. The van der Waals surface area contributed by atoms with Crippen LogP contribution in [0.2, 0.25) is 0 Å². The van der Waals surface area contributed by atoms with Crippen LogP contribution < -0.4 is 0 Å². The van der Waals surface area contributed by atoms with Gasteiger partial charge in [0.2, 0.25) is 0 Å². The van der Waals surface area contributed by atoms with E-state index in [0.717, 1.165) is 64.2 Å². The average Bonchev–Trinajstić information content (AvgIpc) is 2.77. The number of halogens is 2. The third-order valence-electron chi connectivity index (χ3n) is 5.54. The van der Waals surface area contributed by atoms with Crippen LogP contribution in [-0.2, 0) is 22.3 Å². The van der Waals surface area contributed by atoms with Crippen LogP contribution in [0.15, 0.2) is 48.5 Å². The van der Waals surface area contributed by atoms with E-state index in [9.17, 15) is 4.79 Å². The van der Waals surface area contributed by atoms with Crippen LogP contribution in [-0.4, -0.2) is 18.4 Å². The van der Waals surface area contributed by atoms with Crippen LogP contribution in [0.1, 0.15) is 76.3 Å². The molecule has 0 aliphatic heterocycles. The molecule has 176 valence electrons. The Morgan fingerprint density at radius 3 is 1.41 bits per heavy atom. The fourth-order valence-electron chi connectivity index (χ4n) is 3.72. The highest BCUT2D eigenvalue weighted by Gasteiger charge is 2.21. The third kappa shape index (κ3) is 11.3. The lowest BCUT2D eigenvalue weighted by Gasteiger charge is -2.22. The number of benzene rings is 2. The summed E-state index contributed by atoms with van der Waals surface area (Å²) < 4.78 is 14.1. The zero-order valence-corrected chi connectivity index (χ0v) is 23.6. The van der Waals surface area contributed by atoms with Crippen molar-refractivity contribution in [1.82, 2.24) is 0 Å². The molecule has 0 aliphatic rings. The SMILES string of the molecule is CCCCCC(Cc1ccc(I)cc1)OC(=O)OC(CCCCC)Cc1ccc(I)cc1. The van der Waals surface area contributed by atoms with Crippen LogP contribution in [0.25, 0.3) is 0 Å². The highest BCUT2D eigenvalue weighted by Crippen LogP contribution is 2.19. The average molecular weight is 662 g/mol. The zero-order valence-electron chi connectivity index (χ0n) is 19.3. The summed E-state index contributed by atoms with van der Waals surface area (Å²) in [5.74, 6) is 0. The van der Waals surface area contributed by atoms with Crippen molar-refractivity contribution in [2.24, 2.45) is 0 Å². The van der Waals surface area contributed by atoms with E-state index in [1.54, 1.807) is 0 Å². The Balaban J connectivity index is 1.98. The maximum atomic E-state index is 12.8. The van der Waals surface area contributed by atoms with Crippen LogP contribution in [0.5, 0.6) is 0 Å². The van der Waals surface area contributed by atoms with Crippen molar-refractivity contribution in [3.8, 4) is 0 Å². The molecule has 0 aliphatic carbocycles. The topological polar surface area (TPSA) is 35.5 Å². The van der Waals surface area contributed by atoms with E-state index in [2.05, 4.69) is 108 Å². The van der Waals surface area contributed by atoms with Gasteiger partial charge in [-0.15, -0.1) is 0 Å². The second kappa shape index (κ2) is 15.9. The molecule has 0 radical (unpaired) electrons. The van der Waals surface area contributed by atoms with E-state index in [1.807, 2.05) is 0 Å². The Morgan fingerprint density at radius 1 is 0.688 bits per heavy atom. The molecule has 2 aromatic rings. The maximum Gasteiger partial charge on any atom is 0.508 e. The summed E-state index contributed by atoms with van der Waals surface area (Å²) >= 11 is 4.62. The van der Waals surface area contributed by atoms with Gasteiger partial charge in [0.1, 0.15) is 12.2 Å². The highest BCUT2D eigenvalue weighted by atomic mass is 127. The molecule has 0 saturated carbocycles.